The van der Waals surface area contributed by atoms with Gasteiger partial charge in [-0.25, -0.2) is 12.7 Å². The van der Waals surface area contributed by atoms with Gasteiger partial charge in [-0.2, -0.15) is 0 Å². The van der Waals surface area contributed by atoms with E-state index in [2.05, 4.69) is 40.3 Å². The van der Waals surface area contributed by atoms with Crippen LogP contribution in [0.5, 0.6) is 0 Å². The molecule has 0 aromatic heterocycles. The summed E-state index contributed by atoms with van der Waals surface area (Å²) in [5, 5.41) is 3.24. The molecule has 1 rings (SSSR count). The van der Waals surface area contributed by atoms with Gasteiger partial charge < -0.3 is 5.32 Å². The van der Waals surface area contributed by atoms with Crippen LogP contribution in [0.15, 0.2) is 28.7 Å². The predicted molar refractivity (Wildman–Crippen MR) is 82.8 cm³/mol. The van der Waals surface area contributed by atoms with Gasteiger partial charge in [0.05, 0.1) is 5.75 Å². The van der Waals surface area contributed by atoms with Crippen LogP contribution in [-0.2, 0) is 16.4 Å². The Kier molecular flexibility index (Phi) is 6.46. The van der Waals surface area contributed by atoms with Crippen LogP contribution in [0.25, 0.3) is 0 Å². The molecule has 1 aromatic carbocycles. The first-order valence-corrected chi connectivity index (χ1v) is 8.59. The van der Waals surface area contributed by atoms with Crippen LogP contribution >= 0.6 is 15.9 Å². The molecular weight excluding hydrogens is 328 g/mol. The van der Waals surface area contributed by atoms with Crippen molar-refractivity contribution in [1.82, 2.24) is 9.62 Å². The van der Waals surface area contributed by atoms with Crippen LogP contribution in [0.4, 0.5) is 0 Å². The van der Waals surface area contributed by atoms with Gasteiger partial charge in [0.2, 0.25) is 10.0 Å². The first-order chi connectivity index (χ1) is 8.81. The lowest BCUT2D eigenvalue weighted by Crippen LogP contribution is -2.35. The van der Waals surface area contributed by atoms with Gasteiger partial charge in [-0.3, -0.25) is 0 Å². The van der Waals surface area contributed by atoms with Gasteiger partial charge in [0.15, 0.2) is 0 Å². The second kappa shape index (κ2) is 7.38. The van der Waals surface area contributed by atoms with Crippen molar-refractivity contribution in [3.8, 4) is 0 Å². The highest BCUT2D eigenvalue weighted by atomic mass is 79.9. The molecule has 0 spiro atoms. The summed E-state index contributed by atoms with van der Waals surface area (Å²) in [6.07, 6.45) is 0.884. The van der Waals surface area contributed by atoms with E-state index in [9.17, 15) is 8.42 Å². The molecule has 0 saturated heterocycles. The molecule has 4 nitrogen and oxygen atoms in total. The minimum atomic E-state index is -3.11. The molecule has 1 unspecified atom stereocenters. The smallest absolute Gasteiger partial charge is 0.214 e. The van der Waals surface area contributed by atoms with E-state index in [1.54, 1.807) is 14.1 Å². The maximum atomic E-state index is 11.6. The van der Waals surface area contributed by atoms with Crippen molar-refractivity contribution >= 4 is 26.0 Å². The fraction of sp³-hybridized carbons (Fsp3) is 0.538. The Hall–Kier alpha value is -0.430. The molecule has 0 amide bonds. The zero-order valence-corrected chi connectivity index (χ0v) is 14.0. The molecule has 0 fully saturated rings. The number of halogens is 1. The van der Waals surface area contributed by atoms with Gasteiger partial charge >= 0.3 is 0 Å². The minimum absolute atomic E-state index is 0.130. The molecule has 0 aliphatic heterocycles. The largest absolute Gasteiger partial charge is 0.313 e. The van der Waals surface area contributed by atoms with Crippen molar-refractivity contribution in [2.45, 2.75) is 19.4 Å². The van der Waals surface area contributed by atoms with Crippen LogP contribution in [0, 0.1) is 0 Å². The van der Waals surface area contributed by atoms with Crippen LogP contribution in [0.2, 0.25) is 0 Å². The first-order valence-electron chi connectivity index (χ1n) is 6.19. The fourth-order valence-corrected chi connectivity index (χ4v) is 2.67. The van der Waals surface area contributed by atoms with Crippen molar-refractivity contribution in [1.29, 1.82) is 0 Å². The quantitative estimate of drug-likeness (QED) is 0.818. The molecule has 1 atom stereocenters. The van der Waals surface area contributed by atoms with Crippen molar-refractivity contribution in [3.05, 3.63) is 34.3 Å². The summed E-state index contributed by atoms with van der Waals surface area (Å²) in [6.45, 7) is 2.53. The molecule has 0 aliphatic rings. The van der Waals surface area contributed by atoms with Crippen LogP contribution in [-0.4, -0.2) is 45.2 Å². The fourth-order valence-electron chi connectivity index (χ4n) is 1.66. The van der Waals surface area contributed by atoms with E-state index >= 15 is 0 Å². The minimum Gasteiger partial charge on any atom is -0.313 e. The molecule has 0 aliphatic carbocycles. The molecule has 1 aromatic rings. The van der Waals surface area contributed by atoms with E-state index in [1.165, 1.54) is 9.87 Å². The third-order valence-electron chi connectivity index (χ3n) is 2.86. The van der Waals surface area contributed by atoms with E-state index in [0.717, 1.165) is 10.9 Å². The lowest BCUT2D eigenvalue weighted by Gasteiger charge is -2.16. The van der Waals surface area contributed by atoms with Crippen molar-refractivity contribution in [3.63, 3.8) is 0 Å². The Labute approximate surface area is 124 Å². The summed E-state index contributed by atoms with van der Waals surface area (Å²) >= 11 is 3.40. The highest BCUT2D eigenvalue weighted by Gasteiger charge is 2.13. The highest BCUT2D eigenvalue weighted by molar-refractivity contribution is 9.10. The predicted octanol–water partition coefficient (Wildman–Crippen LogP) is 1.86. The van der Waals surface area contributed by atoms with Gasteiger partial charge in [-0.05, 0) is 31.0 Å². The summed E-state index contributed by atoms with van der Waals surface area (Å²) in [4.78, 5) is 0. The average Bonchev–Trinajstić information content (AvgIpc) is 2.31. The number of nitrogens with zero attached hydrogens (tertiary/aromatic N) is 1. The van der Waals surface area contributed by atoms with E-state index in [1.807, 2.05) is 12.1 Å². The van der Waals surface area contributed by atoms with E-state index in [-0.39, 0.29) is 11.8 Å². The molecule has 1 N–H and O–H groups in total. The zero-order chi connectivity index (χ0) is 14.5. The normalized spacial score (nSPS) is 13.7. The Morgan fingerprint density at radius 2 is 1.84 bits per heavy atom. The van der Waals surface area contributed by atoms with Crippen LogP contribution in [0.3, 0.4) is 0 Å². The maximum absolute atomic E-state index is 11.6. The van der Waals surface area contributed by atoms with Crippen molar-refractivity contribution in [2.24, 2.45) is 0 Å². The molecule has 19 heavy (non-hydrogen) atoms. The third kappa shape index (κ3) is 6.03. The number of hydrogen-bond donors (Lipinski definition) is 1. The number of rotatable bonds is 7. The lowest BCUT2D eigenvalue weighted by molar-refractivity contribution is 0.509. The molecule has 0 saturated carbocycles. The van der Waals surface area contributed by atoms with E-state index in [0.29, 0.717) is 6.54 Å². The monoisotopic (exact) mass is 348 g/mol. The topological polar surface area (TPSA) is 49.4 Å². The van der Waals surface area contributed by atoms with Gasteiger partial charge in [-0.1, -0.05) is 28.1 Å². The standard InChI is InChI=1S/C13H21BrN2O2S/c1-11(10-12-4-6-13(14)7-5-12)15-8-9-19(17,18)16(2)3/h4-7,11,15H,8-10H2,1-3H3. The van der Waals surface area contributed by atoms with Gasteiger partial charge in [0.25, 0.3) is 0 Å². The maximum Gasteiger partial charge on any atom is 0.214 e. The van der Waals surface area contributed by atoms with Crippen molar-refractivity contribution < 1.29 is 8.42 Å². The number of benzene rings is 1. The summed E-state index contributed by atoms with van der Waals surface area (Å²) in [7, 11) is 0.00458. The summed E-state index contributed by atoms with van der Waals surface area (Å²) in [6, 6.07) is 8.41. The van der Waals surface area contributed by atoms with E-state index in [4.69, 9.17) is 0 Å². The SMILES string of the molecule is CC(Cc1ccc(Br)cc1)NCCS(=O)(=O)N(C)C. The van der Waals surface area contributed by atoms with Crippen LogP contribution in [0.1, 0.15) is 12.5 Å². The van der Waals surface area contributed by atoms with Crippen LogP contribution < -0.4 is 5.32 Å². The summed E-state index contributed by atoms with van der Waals surface area (Å²) < 4.78 is 25.5. The number of nitrogens with one attached hydrogen (secondary N) is 1. The van der Waals surface area contributed by atoms with Gasteiger partial charge in [-0.15, -0.1) is 0 Å². The first kappa shape index (κ1) is 16.6. The Morgan fingerprint density at radius 1 is 1.26 bits per heavy atom. The number of hydrogen-bond acceptors (Lipinski definition) is 3. The second-order valence-corrected chi connectivity index (χ2v) is 8.00. The zero-order valence-electron chi connectivity index (χ0n) is 11.6. The van der Waals surface area contributed by atoms with Gasteiger partial charge in [0.1, 0.15) is 0 Å². The molecule has 0 bridgehead atoms. The van der Waals surface area contributed by atoms with Gasteiger partial charge in [0, 0.05) is 31.2 Å². The molecule has 0 radical (unpaired) electrons. The summed E-state index contributed by atoms with van der Waals surface area (Å²) in [5.74, 6) is 0.130. The van der Waals surface area contributed by atoms with Crippen molar-refractivity contribution in [2.75, 3.05) is 26.4 Å². The second-order valence-electron chi connectivity index (χ2n) is 4.78. The Bertz CT molecular complexity index is 486. The highest BCUT2D eigenvalue weighted by Crippen LogP contribution is 2.11. The third-order valence-corrected chi connectivity index (χ3v) is 5.23. The molecule has 0 heterocycles. The molecule has 6 heteroatoms. The number of sulfonamides is 1. The molecular formula is C13H21BrN2O2S. The lowest BCUT2D eigenvalue weighted by atomic mass is 10.1. The Balaban J connectivity index is 2.36. The Morgan fingerprint density at radius 3 is 2.37 bits per heavy atom. The molecule has 108 valence electrons. The summed E-state index contributed by atoms with van der Waals surface area (Å²) in [5.41, 5.74) is 1.23. The van der Waals surface area contributed by atoms with E-state index < -0.39 is 10.0 Å². The average molecular weight is 349 g/mol.